The van der Waals surface area contributed by atoms with Crippen molar-refractivity contribution in [2.45, 2.75) is 19.0 Å². The van der Waals surface area contributed by atoms with Gasteiger partial charge in [0.15, 0.2) is 0 Å². The molecule has 2 fully saturated rings. The Hall–Kier alpha value is -0.750. The van der Waals surface area contributed by atoms with Gasteiger partial charge < -0.3 is 15.5 Å². The Labute approximate surface area is 93.0 Å². The summed E-state index contributed by atoms with van der Waals surface area (Å²) in [6, 6.07) is -0.00643. The number of nitrogens with zero attached hydrogens (tertiary/aromatic N) is 1. The first kappa shape index (κ1) is 10.8. The molecule has 2 amide bonds. The molecule has 15 heavy (non-hydrogen) atoms. The molecule has 0 aromatic carbocycles. The second-order valence-corrected chi connectivity index (χ2v) is 4.72. The quantitative estimate of drug-likeness (QED) is 0.693. The molecular formula is C9H15N3O2S. The van der Waals surface area contributed by atoms with E-state index in [1.54, 1.807) is 0 Å². The van der Waals surface area contributed by atoms with Gasteiger partial charge in [0.1, 0.15) is 6.04 Å². The molecule has 0 saturated carbocycles. The van der Waals surface area contributed by atoms with Crippen molar-refractivity contribution in [1.82, 2.24) is 15.5 Å². The van der Waals surface area contributed by atoms with Crippen molar-refractivity contribution in [3.63, 3.8) is 0 Å². The molecule has 6 heteroatoms. The first-order valence-corrected chi connectivity index (χ1v) is 6.15. The number of thioether (sulfide) groups is 1. The molecule has 0 radical (unpaired) electrons. The lowest BCUT2D eigenvalue weighted by Gasteiger charge is -2.38. The van der Waals surface area contributed by atoms with Crippen LogP contribution in [-0.2, 0) is 4.79 Å². The molecule has 2 aliphatic rings. The minimum absolute atomic E-state index is 0.0577. The lowest BCUT2D eigenvalue weighted by molar-refractivity contribution is -0.135. The Balaban J connectivity index is 1.95. The van der Waals surface area contributed by atoms with E-state index < -0.39 is 0 Å². The second-order valence-electron chi connectivity index (χ2n) is 3.73. The summed E-state index contributed by atoms with van der Waals surface area (Å²) in [5, 5.41) is 5.74. The summed E-state index contributed by atoms with van der Waals surface area (Å²) < 4.78 is 0. The summed E-state index contributed by atoms with van der Waals surface area (Å²) in [5.74, 6) is 0.622. The zero-order valence-corrected chi connectivity index (χ0v) is 9.47. The van der Waals surface area contributed by atoms with Gasteiger partial charge in [-0.15, -0.1) is 0 Å². The van der Waals surface area contributed by atoms with E-state index in [1.807, 2.05) is 11.8 Å². The van der Waals surface area contributed by atoms with Gasteiger partial charge in [0.05, 0.1) is 6.04 Å². The van der Waals surface area contributed by atoms with Crippen LogP contribution < -0.4 is 10.6 Å². The molecule has 0 aliphatic carbocycles. The summed E-state index contributed by atoms with van der Waals surface area (Å²) >= 11 is 1.19. The van der Waals surface area contributed by atoms with Crippen LogP contribution in [-0.4, -0.2) is 53.5 Å². The summed E-state index contributed by atoms with van der Waals surface area (Å²) in [6.07, 6.45) is 0. The molecule has 5 nitrogen and oxygen atoms in total. The van der Waals surface area contributed by atoms with Crippen molar-refractivity contribution in [1.29, 1.82) is 0 Å². The maximum atomic E-state index is 12.0. The van der Waals surface area contributed by atoms with Gasteiger partial charge in [-0.25, -0.2) is 0 Å². The molecule has 0 aromatic rings. The van der Waals surface area contributed by atoms with Crippen molar-refractivity contribution in [3.8, 4) is 0 Å². The number of hydrogen-bond acceptors (Lipinski definition) is 4. The predicted molar refractivity (Wildman–Crippen MR) is 58.8 cm³/mol. The minimum atomic E-state index is -0.317. The standard InChI is InChI=1S/C9H15N3O2S/c1-2-12(6-3-10-4-6)8(13)7-5-15-9(14)11-7/h6-7,10H,2-5H2,1H3,(H,11,14). The van der Waals surface area contributed by atoms with Gasteiger partial charge in [-0.05, 0) is 6.92 Å². The minimum Gasteiger partial charge on any atom is -0.336 e. The van der Waals surface area contributed by atoms with Gasteiger partial charge in [0.25, 0.3) is 5.24 Å². The van der Waals surface area contributed by atoms with Crippen LogP contribution in [0, 0.1) is 0 Å². The van der Waals surface area contributed by atoms with Gasteiger partial charge in [-0.2, -0.15) is 0 Å². The van der Waals surface area contributed by atoms with E-state index in [9.17, 15) is 9.59 Å². The Bertz CT molecular complexity index is 281. The van der Waals surface area contributed by atoms with Gasteiger partial charge in [-0.3, -0.25) is 9.59 Å². The molecule has 2 aliphatic heterocycles. The highest BCUT2D eigenvalue weighted by Gasteiger charge is 2.35. The molecule has 1 unspecified atom stereocenters. The smallest absolute Gasteiger partial charge is 0.279 e. The molecule has 2 saturated heterocycles. The van der Waals surface area contributed by atoms with Crippen molar-refractivity contribution in [2.75, 3.05) is 25.4 Å². The third-order valence-electron chi connectivity index (χ3n) is 2.80. The Morgan fingerprint density at radius 3 is 2.73 bits per heavy atom. The Morgan fingerprint density at radius 1 is 1.60 bits per heavy atom. The summed E-state index contributed by atoms with van der Waals surface area (Å²) in [5.41, 5.74) is 0. The Kier molecular flexibility index (Phi) is 3.16. The van der Waals surface area contributed by atoms with E-state index in [-0.39, 0.29) is 17.2 Å². The SMILES string of the molecule is CCN(C(=O)C1CSC(=O)N1)C1CNC1. The number of likely N-dealkylation sites (N-methyl/N-ethyl adjacent to an activating group) is 1. The molecule has 0 spiro atoms. The van der Waals surface area contributed by atoms with Crippen molar-refractivity contribution in [3.05, 3.63) is 0 Å². The van der Waals surface area contributed by atoms with Gasteiger partial charge >= 0.3 is 0 Å². The molecule has 0 bridgehead atoms. The monoisotopic (exact) mass is 229 g/mol. The topological polar surface area (TPSA) is 61.4 Å². The third kappa shape index (κ3) is 2.10. The summed E-state index contributed by atoms with van der Waals surface area (Å²) in [7, 11) is 0. The van der Waals surface area contributed by atoms with Crippen molar-refractivity contribution >= 4 is 22.9 Å². The van der Waals surface area contributed by atoms with E-state index in [0.717, 1.165) is 13.1 Å². The molecule has 2 rings (SSSR count). The second kappa shape index (κ2) is 4.40. The maximum absolute atomic E-state index is 12.0. The highest BCUT2D eigenvalue weighted by molar-refractivity contribution is 8.14. The molecule has 2 heterocycles. The van der Waals surface area contributed by atoms with E-state index in [1.165, 1.54) is 11.8 Å². The van der Waals surface area contributed by atoms with E-state index >= 15 is 0 Å². The largest absolute Gasteiger partial charge is 0.336 e. The third-order valence-corrected chi connectivity index (χ3v) is 3.68. The van der Waals surface area contributed by atoms with Crippen LogP contribution in [0.2, 0.25) is 0 Å². The van der Waals surface area contributed by atoms with Crippen LogP contribution >= 0.6 is 11.8 Å². The first-order valence-electron chi connectivity index (χ1n) is 5.17. The van der Waals surface area contributed by atoms with E-state index in [4.69, 9.17) is 0 Å². The molecule has 0 aromatic heterocycles. The van der Waals surface area contributed by atoms with Crippen molar-refractivity contribution < 1.29 is 9.59 Å². The van der Waals surface area contributed by atoms with Gasteiger partial charge in [-0.1, -0.05) is 11.8 Å². The number of rotatable bonds is 3. The highest BCUT2D eigenvalue weighted by atomic mass is 32.2. The average Bonchev–Trinajstić information content (AvgIpc) is 2.57. The maximum Gasteiger partial charge on any atom is 0.279 e. The normalized spacial score (nSPS) is 25.9. The first-order chi connectivity index (χ1) is 7.22. The number of hydrogen-bond donors (Lipinski definition) is 2. The van der Waals surface area contributed by atoms with Crippen LogP contribution in [0.3, 0.4) is 0 Å². The molecule has 84 valence electrons. The van der Waals surface area contributed by atoms with Crippen LogP contribution in [0.25, 0.3) is 0 Å². The lowest BCUT2D eigenvalue weighted by Crippen LogP contribution is -2.61. The van der Waals surface area contributed by atoms with Crippen LogP contribution in [0.15, 0.2) is 0 Å². The zero-order chi connectivity index (χ0) is 10.8. The summed E-state index contributed by atoms with van der Waals surface area (Å²) in [6.45, 7) is 4.42. The highest BCUT2D eigenvalue weighted by Crippen LogP contribution is 2.16. The number of nitrogens with one attached hydrogen (secondary N) is 2. The fraction of sp³-hybridized carbons (Fsp3) is 0.778. The molecule has 1 atom stereocenters. The van der Waals surface area contributed by atoms with Gasteiger partial charge in [0, 0.05) is 25.4 Å². The fourth-order valence-electron chi connectivity index (χ4n) is 1.81. The van der Waals surface area contributed by atoms with Crippen LogP contribution in [0.1, 0.15) is 6.92 Å². The average molecular weight is 229 g/mol. The summed E-state index contributed by atoms with van der Waals surface area (Å²) in [4.78, 5) is 24.9. The number of carbonyl (C=O) groups excluding carboxylic acids is 2. The van der Waals surface area contributed by atoms with E-state index in [2.05, 4.69) is 10.6 Å². The fourth-order valence-corrected chi connectivity index (χ4v) is 2.58. The van der Waals surface area contributed by atoms with Crippen molar-refractivity contribution in [2.24, 2.45) is 0 Å². The Morgan fingerprint density at radius 2 is 2.33 bits per heavy atom. The van der Waals surface area contributed by atoms with Crippen LogP contribution in [0.4, 0.5) is 4.79 Å². The van der Waals surface area contributed by atoms with E-state index in [0.29, 0.717) is 18.3 Å². The molecule has 2 N–H and O–H groups in total. The van der Waals surface area contributed by atoms with Crippen LogP contribution in [0.5, 0.6) is 0 Å². The number of amides is 2. The van der Waals surface area contributed by atoms with Gasteiger partial charge in [0.2, 0.25) is 5.91 Å². The zero-order valence-electron chi connectivity index (χ0n) is 8.66. The lowest BCUT2D eigenvalue weighted by atomic mass is 10.1. The number of carbonyl (C=O) groups is 2. The predicted octanol–water partition coefficient (Wildman–Crippen LogP) is -0.368. The molecular weight excluding hydrogens is 214 g/mol.